The Hall–Kier alpha value is -4.47. The lowest BCUT2D eigenvalue weighted by molar-refractivity contribution is -0.142. The third-order valence-electron chi connectivity index (χ3n) is 6.36. The first-order chi connectivity index (χ1) is 19.9. The summed E-state index contributed by atoms with van der Waals surface area (Å²) in [6.45, 7) is 1.88. The zero-order valence-corrected chi connectivity index (χ0v) is 23.6. The molecule has 0 fully saturated rings. The normalized spacial score (nSPS) is 11.7. The first-order valence-corrected chi connectivity index (χ1v) is 13.6. The van der Waals surface area contributed by atoms with E-state index < -0.39 is 11.9 Å². The zero-order valence-electron chi connectivity index (χ0n) is 22.1. The molecular formula is C30H26Cl2N6O3. The Morgan fingerprint density at radius 3 is 2.39 bits per heavy atom. The van der Waals surface area contributed by atoms with Gasteiger partial charge in [0.25, 0.3) is 0 Å². The molecule has 0 radical (unpaired) electrons. The van der Waals surface area contributed by atoms with Gasteiger partial charge in [0.1, 0.15) is 18.3 Å². The van der Waals surface area contributed by atoms with Crippen LogP contribution >= 0.6 is 23.2 Å². The number of tetrazole rings is 1. The summed E-state index contributed by atoms with van der Waals surface area (Å²) in [4.78, 5) is 30.4. The van der Waals surface area contributed by atoms with Crippen molar-refractivity contribution in [2.24, 2.45) is 0 Å². The second-order valence-electron chi connectivity index (χ2n) is 9.32. The molecule has 0 aliphatic carbocycles. The number of furan rings is 1. The minimum atomic E-state index is -1.00. The molecule has 0 spiro atoms. The average Bonchev–Trinajstić information content (AvgIpc) is 3.63. The fourth-order valence-electron chi connectivity index (χ4n) is 4.31. The van der Waals surface area contributed by atoms with E-state index in [9.17, 15) is 9.59 Å². The minimum Gasteiger partial charge on any atom is -0.458 e. The van der Waals surface area contributed by atoms with Gasteiger partial charge in [0.2, 0.25) is 17.6 Å². The second-order valence-corrected chi connectivity index (χ2v) is 10.2. The van der Waals surface area contributed by atoms with Crippen LogP contribution in [0.2, 0.25) is 10.0 Å². The van der Waals surface area contributed by atoms with Crippen molar-refractivity contribution in [3.8, 4) is 11.6 Å². The van der Waals surface area contributed by atoms with Crippen molar-refractivity contribution in [2.45, 2.75) is 32.6 Å². The van der Waals surface area contributed by atoms with E-state index in [0.29, 0.717) is 32.7 Å². The first kappa shape index (κ1) is 28.1. The van der Waals surface area contributed by atoms with Crippen LogP contribution in [-0.2, 0) is 29.2 Å². The van der Waals surface area contributed by atoms with Gasteiger partial charge in [0, 0.05) is 23.1 Å². The third-order valence-corrected chi connectivity index (χ3v) is 6.99. The van der Waals surface area contributed by atoms with Crippen LogP contribution < -0.4 is 5.32 Å². The van der Waals surface area contributed by atoms with E-state index in [4.69, 9.17) is 27.6 Å². The Bertz CT molecular complexity index is 1640. The average molecular weight is 589 g/mol. The molecule has 1 atom stereocenters. The quantitative estimate of drug-likeness (QED) is 0.226. The molecule has 0 aliphatic heterocycles. The van der Waals surface area contributed by atoms with Gasteiger partial charge in [-0.25, -0.2) is 0 Å². The number of benzene rings is 3. The molecule has 3 aromatic carbocycles. The highest BCUT2D eigenvalue weighted by molar-refractivity contribution is 6.31. The van der Waals surface area contributed by atoms with Crippen molar-refractivity contribution < 1.29 is 14.0 Å². The zero-order chi connectivity index (χ0) is 28.8. The van der Waals surface area contributed by atoms with Crippen LogP contribution in [-0.4, -0.2) is 36.9 Å². The summed E-state index contributed by atoms with van der Waals surface area (Å²) in [6, 6.07) is 26.1. The van der Waals surface area contributed by atoms with Crippen molar-refractivity contribution in [1.29, 1.82) is 0 Å². The number of rotatable bonds is 10. The minimum absolute atomic E-state index is 0.0590. The van der Waals surface area contributed by atoms with Crippen LogP contribution in [0, 0.1) is 6.92 Å². The van der Waals surface area contributed by atoms with Gasteiger partial charge in [-0.3, -0.25) is 9.59 Å². The summed E-state index contributed by atoms with van der Waals surface area (Å²) in [5, 5.41) is 16.3. The first-order valence-electron chi connectivity index (χ1n) is 12.8. The lowest BCUT2D eigenvalue weighted by Crippen LogP contribution is -2.44. The summed E-state index contributed by atoms with van der Waals surface area (Å²) < 4.78 is 5.58. The molecule has 1 N–H and O–H groups in total. The number of hydrogen-bond donors (Lipinski definition) is 1. The van der Waals surface area contributed by atoms with Gasteiger partial charge in [-0.15, -0.1) is 10.2 Å². The van der Waals surface area contributed by atoms with Gasteiger partial charge in [-0.1, -0.05) is 83.9 Å². The summed E-state index contributed by atoms with van der Waals surface area (Å²) in [6.07, 6.45) is 0. The van der Waals surface area contributed by atoms with E-state index in [1.807, 2.05) is 49.4 Å². The predicted octanol–water partition coefficient (Wildman–Crippen LogP) is 5.63. The Morgan fingerprint density at radius 2 is 1.68 bits per heavy atom. The van der Waals surface area contributed by atoms with E-state index in [1.54, 1.807) is 48.5 Å². The van der Waals surface area contributed by atoms with Gasteiger partial charge >= 0.3 is 0 Å². The molecule has 11 heteroatoms. The van der Waals surface area contributed by atoms with E-state index in [1.165, 1.54) is 9.70 Å². The highest BCUT2D eigenvalue weighted by atomic mass is 35.5. The molecular weight excluding hydrogens is 563 g/mol. The highest BCUT2D eigenvalue weighted by Gasteiger charge is 2.32. The van der Waals surface area contributed by atoms with Crippen LogP contribution in [0.5, 0.6) is 0 Å². The van der Waals surface area contributed by atoms with Crippen LogP contribution in [0.3, 0.4) is 0 Å². The SMILES string of the molecule is Cc1ccc(-c2nnn(CC(=O)N(Cc3ccccc3Cl)[C@@H](C(=O)NCc3ccccc3)c3ccc(Cl)cc3)n2)o1. The topological polar surface area (TPSA) is 106 Å². The maximum Gasteiger partial charge on any atom is 0.247 e. The molecule has 0 aliphatic rings. The fraction of sp³-hybridized carbons (Fsp3) is 0.167. The van der Waals surface area contributed by atoms with Gasteiger partial charge < -0.3 is 14.6 Å². The summed E-state index contributed by atoms with van der Waals surface area (Å²) in [7, 11) is 0. The van der Waals surface area contributed by atoms with E-state index in [2.05, 4.69) is 20.7 Å². The van der Waals surface area contributed by atoms with Crippen molar-refractivity contribution in [3.63, 3.8) is 0 Å². The Morgan fingerprint density at radius 1 is 0.951 bits per heavy atom. The van der Waals surface area contributed by atoms with Crippen molar-refractivity contribution in [3.05, 3.63) is 123 Å². The maximum atomic E-state index is 14.0. The molecule has 9 nitrogen and oxygen atoms in total. The molecule has 41 heavy (non-hydrogen) atoms. The number of carbonyl (C=O) groups excluding carboxylic acids is 2. The molecule has 0 saturated carbocycles. The Labute approximate surface area is 246 Å². The molecule has 0 bridgehead atoms. The largest absolute Gasteiger partial charge is 0.458 e. The molecule has 5 rings (SSSR count). The van der Waals surface area contributed by atoms with Gasteiger partial charge in [0.05, 0.1) is 0 Å². The molecule has 2 heterocycles. The van der Waals surface area contributed by atoms with Crippen molar-refractivity contribution >= 4 is 35.0 Å². The fourth-order valence-corrected chi connectivity index (χ4v) is 4.63. The molecule has 2 aromatic heterocycles. The van der Waals surface area contributed by atoms with Gasteiger partial charge in [-0.2, -0.15) is 4.80 Å². The van der Waals surface area contributed by atoms with E-state index in [-0.39, 0.29) is 31.4 Å². The monoisotopic (exact) mass is 588 g/mol. The second kappa shape index (κ2) is 12.8. The van der Waals surface area contributed by atoms with Crippen LogP contribution in [0.25, 0.3) is 11.6 Å². The lowest BCUT2D eigenvalue weighted by atomic mass is 10.0. The van der Waals surface area contributed by atoms with Crippen LogP contribution in [0.15, 0.2) is 95.4 Å². The standard InChI is InChI=1S/C30H26Cl2N6O3/c1-20-11-16-26(41-20)29-34-36-38(35-29)19-27(39)37(18-23-9-5-6-10-25(23)32)28(22-12-14-24(31)15-13-22)30(40)33-17-21-7-3-2-4-8-21/h2-16,28H,17-19H2,1H3,(H,33,40)/t28-/m1/s1. The molecule has 0 unspecified atom stereocenters. The predicted molar refractivity (Wildman–Crippen MR) is 155 cm³/mol. The van der Waals surface area contributed by atoms with Gasteiger partial charge in [-0.05, 0) is 59.2 Å². The lowest BCUT2D eigenvalue weighted by Gasteiger charge is -2.31. The number of nitrogens with zero attached hydrogens (tertiary/aromatic N) is 5. The Kier molecular flexibility index (Phi) is 8.76. The summed E-state index contributed by atoms with van der Waals surface area (Å²) in [5.74, 6) is 0.603. The molecule has 208 valence electrons. The molecule has 2 amide bonds. The van der Waals surface area contributed by atoms with Crippen LogP contribution in [0.1, 0.15) is 28.5 Å². The number of amides is 2. The smallest absolute Gasteiger partial charge is 0.247 e. The number of hydrogen-bond acceptors (Lipinski definition) is 6. The van der Waals surface area contributed by atoms with Gasteiger partial charge in [0.15, 0.2) is 5.76 Å². The summed E-state index contributed by atoms with van der Waals surface area (Å²) in [5.41, 5.74) is 2.18. The van der Waals surface area contributed by atoms with Crippen molar-refractivity contribution in [2.75, 3.05) is 0 Å². The van der Waals surface area contributed by atoms with E-state index in [0.717, 1.165) is 5.56 Å². The number of carbonyl (C=O) groups is 2. The summed E-state index contributed by atoms with van der Waals surface area (Å²) >= 11 is 12.7. The highest BCUT2D eigenvalue weighted by Crippen LogP contribution is 2.28. The molecule has 5 aromatic rings. The number of aryl methyl sites for hydroxylation is 1. The number of aromatic nitrogens is 4. The third kappa shape index (κ3) is 7.00. The molecule has 0 saturated heterocycles. The number of halogens is 2. The Balaban J connectivity index is 1.48. The maximum absolute atomic E-state index is 14.0. The number of nitrogens with one attached hydrogen (secondary N) is 1. The van der Waals surface area contributed by atoms with E-state index >= 15 is 0 Å². The van der Waals surface area contributed by atoms with Crippen LogP contribution in [0.4, 0.5) is 0 Å². The van der Waals surface area contributed by atoms with Crippen molar-refractivity contribution in [1.82, 2.24) is 30.4 Å².